The molecule has 0 saturated carbocycles. The summed E-state index contributed by atoms with van der Waals surface area (Å²) in [6.07, 6.45) is 3.46. The van der Waals surface area contributed by atoms with Crippen molar-refractivity contribution in [1.82, 2.24) is 4.90 Å². The van der Waals surface area contributed by atoms with Crippen molar-refractivity contribution in [1.29, 1.82) is 0 Å². The second-order valence-electron chi connectivity index (χ2n) is 4.08. The molecule has 1 atom stereocenters. The summed E-state index contributed by atoms with van der Waals surface area (Å²) in [5.74, 6) is 0.814. The average Bonchev–Trinajstić information content (AvgIpc) is 2.17. The molecule has 0 aromatic rings. The van der Waals surface area contributed by atoms with E-state index >= 15 is 0 Å². The van der Waals surface area contributed by atoms with E-state index in [1.54, 1.807) is 0 Å². The number of rotatable bonds is 5. The third kappa shape index (κ3) is 6.35. The van der Waals surface area contributed by atoms with Crippen LogP contribution in [0.3, 0.4) is 0 Å². The van der Waals surface area contributed by atoms with E-state index in [0.29, 0.717) is 12.5 Å². The molecule has 0 aromatic carbocycles. The summed E-state index contributed by atoms with van der Waals surface area (Å²) in [5, 5.41) is 0.989. The quantitative estimate of drug-likeness (QED) is 0.710. The molecule has 1 fully saturated rings. The third-order valence-corrected chi connectivity index (χ3v) is 3.97. The summed E-state index contributed by atoms with van der Waals surface area (Å²) in [7, 11) is 0. The monoisotopic (exact) mass is 319 g/mol. The Balaban J connectivity index is 2.16. The average molecular weight is 320 g/mol. The molecule has 1 unspecified atom stereocenters. The van der Waals surface area contributed by atoms with Crippen molar-refractivity contribution in [2.24, 2.45) is 5.92 Å². The van der Waals surface area contributed by atoms with E-state index < -0.39 is 5.51 Å². The Labute approximate surface area is 107 Å². The SMILES string of the molecule is FC(F)(F)SCCN1CCCC(CCBr)C1. The lowest BCUT2D eigenvalue weighted by molar-refractivity contribution is -0.0329. The molecule has 1 nitrogen and oxygen atoms in total. The van der Waals surface area contributed by atoms with Crippen molar-refractivity contribution in [3.05, 3.63) is 0 Å². The molecule has 1 saturated heterocycles. The molecule has 0 spiro atoms. The molecular formula is C10H17BrF3NS. The van der Waals surface area contributed by atoms with E-state index in [1.165, 1.54) is 6.42 Å². The van der Waals surface area contributed by atoms with E-state index in [-0.39, 0.29) is 17.5 Å². The van der Waals surface area contributed by atoms with Gasteiger partial charge in [0.1, 0.15) is 0 Å². The second-order valence-corrected chi connectivity index (χ2v) is 6.03. The molecule has 0 aliphatic carbocycles. The van der Waals surface area contributed by atoms with Crippen LogP contribution in [0.25, 0.3) is 0 Å². The normalized spacial score (nSPS) is 23.6. The first-order valence-corrected chi connectivity index (χ1v) is 7.61. The molecule has 1 aliphatic rings. The molecule has 0 N–H and O–H groups in total. The summed E-state index contributed by atoms with van der Waals surface area (Å²) >= 11 is 3.50. The van der Waals surface area contributed by atoms with Crippen LogP contribution < -0.4 is 0 Å². The van der Waals surface area contributed by atoms with Gasteiger partial charge in [0.25, 0.3) is 0 Å². The number of piperidine rings is 1. The predicted molar refractivity (Wildman–Crippen MR) is 66.1 cm³/mol. The predicted octanol–water partition coefficient (Wildman–Crippen LogP) is 3.74. The van der Waals surface area contributed by atoms with E-state index in [2.05, 4.69) is 20.8 Å². The molecule has 0 aromatic heterocycles. The molecule has 6 heteroatoms. The number of hydrogen-bond donors (Lipinski definition) is 0. The maximum Gasteiger partial charge on any atom is 0.441 e. The van der Waals surface area contributed by atoms with Gasteiger partial charge in [-0.3, -0.25) is 0 Å². The van der Waals surface area contributed by atoms with Gasteiger partial charge in [-0.05, 0) is 43.5 Å². The smallest absolute Gasteiger partial charge is 0.302 e. The zero-order chi connectivity index (χ0) is 12.0. The van der Waals surface area contributed by atoms with Crippen LogP contribution in [0.2, 0.25) is 0 Å². The van der Waals surface area contributed by atoms with Gasteiger partial charge in [-0.1, -0.05) is 15.9 Å². The maximum absolute atomic E-state index is 11.9. The van der Waals surface area contributed by atoms with Gasteiger partial charge >= 0.3 is 5.51 Å². The van der Waals surface area contributed by atoms with Crippen LogP contribution in [-0.4, -0.2) is 41.1 Å². The summed E-state index contributed by atoms with van der Waals surface area (Å²) in [4.78, 5) is 2.16. The van der Waals surface area contributed by atoms with Gasteiger partial charge in [-0.15, -0.1) is 0 Å². The highest BCUT2D eigenvalue weighted by Crippen LogP contribution is 2.30. The largest absolute Gasteiger partial charge is 0.441 e. The highest BCUT2D eigenvalue weighted by Gasteiger charge is 2.28. The highest BCUT2D eigenvalue weighted by molar-refractivity contribution is 9.09. The Morgan fingerprint density at radius 2 is 2.12 bits per heavy atom. The Hall–Kier alpha value is 0.580. The first-order chi connectivity index (χ1) is 7.51. The van der Waals surface area contributed by atoms with Gasteiger partial charge < -0.3 is 4.90 Å². The molecule has 0 radical (unpaired) electrons. The van der Waals surface area contributed by atoms with Gasteiger partial charge in [0.15, 0.2) is 0 Å². The molecular weight excluding hydrogens is 303 g/mol. The molecule has 1 aliphatic heterocycles. The summed E-state index contributed by atoms with van der Waals surface area (Å²) < 4.78 is 35.8. The molecule has 0 bridgehead atoms. The van der Waals surface area contributed by atoms with Crippen LogP contribution in [-0.2, 0) is 0 Å². The van der Waals surface area contributed by atoms with Crippen molar-refractivity contribution in [2.75, 3.05) is 30.7 Å². The lowest BCUT2D eigenvalue weighted by Crippen LogP contribution is -2.37. The van der Waals surface area contributed by atoms with Crippen molar-refractivity contribution in [3.63, 3.8) is 0 Å². The Morgan fingerprint density at radius 3 is 2.75 bits per heavy atom. The lowest BCUT2D eigenvalue weighted by atomic mass is 9.96. The van der Waals surface area contributed by atoms with Crippen molar-refractivity contribution in [2.45, 2.75) is 24.8 Å². The van der Waals surface area contributed by atoms with Crippen molar-refractivity contribution < 1.29 is 13.2 Å². The van der Waals surface area contributed by atoms with Crippen molar-refractivity contribution in [3.8, 4) is 0 Å². The Bertz CT molecular complexity index is 199. The Kier molecular flexibility index (Phi) is 6.51. The van der Waals surface area contributed by atoms with Crippen LogP contribution in [0, 0.1) is 5.92 Å². The minimum Gasteiger partial charge on any atom is -0.302 e. The fraction of sp³-hybridized carbons (Fsp3) is 1.00. The molecule has 96 valence electrons. The number of likely N-dealkylation sites (tertiary alicyclic amines) is 1. The molecule has 1 heterocycles. The number of nitrogens with zero attached hydrogens (tertiary/aromatic N) is 1. The zero-order valence-electron chi connectivity index (χ0n) is 9.10. The third-order valence-electron chi connectivity index (χ3n) is 2.79. The van der Waals surface area contributed by atoms with Gasteiger partial charge in [-0.25, -0.2) is 0 Å². The highest BCUT2D eigenvalue weighted by atomic mass is 79.9. The molecule has 16 heavy (non-hydrogen) atoms. The topological polar surface area (TPSA) is 3.24 Å². The summed E-state index contributed by atoms with van der Waals surface area (Å²) in [5.41, 5.74) is -4.08. The number of thioether (sulfide) groups is 1. The fourth-order valence-corrected chi connectivity index (χ4v) is 3.26. The van der Waals surface area contributed by atoms with E-state index in [1.807, 2.05) is 0 Å². The van der Waals surface area contributed by atoms with E-state index in [0.717, 1.165) is 31.3 Å². The van der Waals surface area contributed by atoms with Gasteiger partial charge in [-0.2, -0.15) is 13.2 Å². The van der Waals surface area contributed by atoms with Crippen LogP contribution >= 0.6 is 27.7 Å². The van der Waals surface area contributed by atoms with Gasteiger partial charge in [0.05, 0.1) is 0 Å². The minimum atomic E-state index is -4.08. The number of halogens is 4. The summed E-state index contributed by atoms with van der Waals surface area (Å²) in [6, 6.07) is 0. The number of alkyl halides is 4. The summed E-state index contributed by atoms with van der Waals surface area (Å²) in [6.45, 7) is 2.48. The van der Waals surface area contributed by atoms with Gasteiger partial charge in [0, 0.05) is 24.2 Å². The van der Waals surface area contributed by atoms with E-state index in [4.69, 9.17) is 0 Å². The fourth-order valence-electron chi connectivity index (χ4n) is 2.03. The number of hydrogen-bond acceptors (Lipinski definition) is 2. The first-order valence-electron chi connectivity index (χ1n) is 5.50. The first kappa shape index (κ1) is 14.6. The zero-order valence-corrected chi connectivity index (χ0v) is 11.5. The molecule has 1 rings (SSSR count). The van der Waals surface area contributed by atoms with Gasteiger partial charge in [0.2, 0.25) is 0 Å². The Morgan fingerprint density at radius 1 is 1.38 bits per heavy atom. The minimum absolute atomic E-state index is 0.0909. The standard InChI is InChI=1S/C10H17BrF3NS/c11-4-3-9-2-1-5-15(8-9)6-7-16-10(12,13)14/h9H,1-8H2. The van der Waals surface area contributed by atoms with Crippen molar-refractivity contribution >= 4 is 27.7 Å². The second kappa shape index (κ2) is 7.11. The lowest BCUT2D eigenvalue weighted by Gasteiger charge is -2.32. The molecule has 0 amide bonds. The van der Waals surface area contributed by atoms with Crippen LogP contribution in [0.1, 0.15) is 19.3 Å². The maximum atomic E-state index is 11.9. The van der Waals surface area contributed by atoms with Crippen LogP contribution in [0.5, 0.6) is 0 Å². The van der Waals surface area contributed by atoms with Crippen LogP contribution in [0.4, 0.5) is 13.2 Å². The van der Waals surface area contributed by atoms with E-state index in [9.17, 15) is 13.2 Å². The van der Waals surface area contributed by atoms with Crippen LogP contribution in [0.15, 0.2) is 0 Å².